The molecule has 27 heavy (non-hydrogen) atoms. The maximum atomic E-state index is 12.8. The molecular weight excluding hydrogens is 366 g/mol. The topological polar surface area (TPSA) is 82.9 Å². The van der Waals surface area contributed by atoms with Gasteiger partial charge in [0.1, 0.15) is 5.58 Å². The van der Waals surface area contributed by atoms with Crippen molar-refractivity contribution in [3.8, 4) is 0 Å². The van der Waals surface area contributed by atoms with Crippen LogP contribution in [0.5, 0.6) is 0 Å². The summed E-state index contributed by atoms with van der Waals surface area (Å²) in [7, 11) is -3.52. The van der Waals surface area contributed by atoms with Crippen molar-refractivity contribution in [2.75, 3.05) is 32.7 Å². The summed E-state index contributed by atoms with van der Waals surface area (Å²) >= 11 is 0. The van der Waals surface area contributed by atoms with E-state index in [2.05, 4.69) is 16.5 Å². The molecule has 1 saturated heterocycles. The Morgan fingerprint density at radius 2 is 1.93 bits per heavy atom. The van der Waals surface area contributed by atoms with Crippen molar-refractivity contribution < 1.29 is 17.6 Å². The van der Waals surface area contributed by atoms with E-state index >= 15 is 0 Å². The average Bonchev–Trinajstić information content (AvgIpc) is 3.35. The van der Waals surface area contributed by atoms with Gasteiger partial charge in [0, 0.05) is 37.6 Å². The fourth-order valence-electron chi connectivity index (χ4n) is 3.43. The van der Waals surface area contributed by atoms with E-state index in [1.807, 2.05) is 0 Å². The number of furan rings is 1. The van der Waals surface area contributed by atoms with Gasteiger partial charge in [0.05, 0.1) is 4.90 Å². The summed E-state index contributed by atoms with van der Waals surface area (Å²) in [6, 6.07) is 6.41. The van der Waals surface area contributed by atoms with Crippen LogP contribution in [0.25, 0.3) is 11.0 Å². The first-order valence-electron chi connectivity index (χ1n) is 9.54. The standard InChI is InChI=1S/C19H25N3O4S/c1-2-7-21-8-10-22(11-9-21)19(23)18-13-14-12-16(5-6-17(14)26-18)27(24,25)20-15-3-4-15/h5-6,12-13,15,20H,2-4,7-11H2,1H3. The van der Waals surface area contributed by atoms with E-state index in [4.69, 9.17) is 4.42 Å². The second-order valence-electron chi connectivity index (χ2n) is 7.34. The van der Waals surface area contributed by atoms with Gasteiger partial charge in [-0.05, 0) is 50.1 Å². The lowest BCUT2D eigenvalue weighted by Crippen LogP contribution is -2.48. The summed E-state index contributed by atoms with van der Waals surface area (Å²) in [5.41, 5.74) is 0.522. The van der Waals surface area contributed by atoms with E-state index in [-0.39, 0.29) is 22.6 Å². The van der Waals surface area contributed by atoms with Crippen LogP contribution in [0.15, 0.2) is 33.6 Å². The van der Waals surface area contributed by atoms with Gasteiger partial charge in [0.15, 0.2) is 5.76 Å². The first kappa shape index (κ1) is 18.5. The number of carbonyl (C=O) groups excluding carboxylic acids is 1. The Hall–Kier alpha value is -1.90. The third-order valence-corrected chi connectivity index (χ3v) is 6.63. The van der Waals surface area contributed by atoms with Crippen LogP contribution in [0.3, 0.4) is 0 Å². The zero-order valence-corrected chi connectivity index (χ0v) is 16.3. The first-order chi connectivity index (χ1) is 13.0. The van der Waals surface area contributed by atoms with Crippen molar-refractivity contribution in [3.63, 3.8) is 0 Å². The van der Waals surface area contributed by atoms with E-state index in [9.17, 15) is 13.2 Å². The second-order valence-corrected chi connectivity index (χ2v) is 9.05. The SMILES string of the molecule is CCCN1CCN(C(=O)c2cc3cc(S(=O)(=O)NC4CC4)ccc3o2)CC1. The molecule has 1 aliphatic heterocycles. The number of piperazine rings is 1. The zero-order valence-electron chi connectivity index (χ0n) is 15.5. The molecule has 2 aromatic rings. The number of amides is 1. The predicted molar refractivity (Wildman–Crippen MR) is 102 cm³/mol. The largest absolute Gasteiger partial charge is 0.451 e. The molecule has 1 saturated carbocycles. The number of rotatable bonds is 6. The number of hydrogen-bond donors (Lipinski definition) is 1. The van der Waals surface area contributed by atoms with Gasteiger partial charge in [-0.25, -0.2) is 13.1 Å². The van der Waals surface area contributed by atoms with Gasteiger partial charge in [0.2, 0.25) is 10.0 Å². The average molecular weight is 391 g/mol. The number of sulfonamides is 1. The van der Waals surface area contributed by atoms with E-state index in [0.717, 1.165) is 38.9 Å². The van der Waals surface area contributed by atoms with Crippen molar-refractivity contribution >= 4 is 26.9 Å². The van der Waals surface area contributed by atoms with Crippen molar-refractivity contribution in [2.24, 2.45) is 0 Å². The molecule has 7 nitrogen and oxygen atoms in total. The minimum Gasteiger partial charge on any atom is -0.451 e. The molecule has 0 radical (unpaired) electrons. The molecule has 4 rings (SSSR count). The van der Waals surface area contributed by atoms with Crippen molar-refractivity contribution in [2.45, 2.75) is 37.1 Å². The summed E-state index contributed by atoms with van der Waals surface area (Å²) in [6.45, 7) is 6.31. The molecule has 2 fully saturated rings. The molecule has 1 amide bonds. The van der Waals surface area contributed by atoms with Crippen LogP contribution in [-0.2, 0) is 10.0 Å². The van der Waals surface area contributed by atoms with Crippen molar-refractivity contribution in [3.05, 3.63) is 30.0 Å². The van der Waals surface area contributed by atoms with Crippen LogP contribution >= 0.6 is 0 Å². The minimum atomic E-state index is -3.52. The van der Waals surface area contributed by atoms with Gasteiger partial charge in [-0.2, -0.15) is 0 Å². The van der Waals surface area contributed by atoms with Crippen molar-refractivity contribution in [1.29, 1.82) is 0 Å². The Bertz CT molecular complexity index is 941. The highest BCUT2D eigenvalue weighted by molar-refractivity contribution is 7.89. The molecule has 1 N–H and O–H groups in total. The van der Waals surface area contributed by atoms with Crippen LogP contribution < -0.4 is 4.72 Å². The monoisotopic (exact) mass is 391 g/mol. The number of benzene rings is 1. The summed E-state index contributed by atoms with van der Waals surface area (Å²) in [5.74, 6) is 0.126. The molecule has 1 aromatic carbocycles. The lowest BCUT2D eigenvalue weighted by Gasteiger charge is -2.34. The van der Waals surface area contributed by atoms with E-state index < -0.39 is 10.0 Å². The maximum absolute atomic E-state index is 12.8. The predicted octanol–water partition coefficient (Wildman–Crippen LogP) is 2.04. The molecule has 146 valence electrons. The molecule has 0 bridgehead atoms. The lowest BCUT2D eigenvalue weighted by molar-refractivity contribution is 0.0609. The third-order valence-electron chi connectivity index (χ3n) is 5.11. The zero-order chi connectivity index (χ0) is 19.0. The van der Waals surface area contributed by atoms with Gasteiger partial charge < -0.3 is 9.32 Å². The minimum absolute atomic E-state index is 0.0542. The number of carbonyl (C=O) groups is 1. The molecule has 0 spiro atoms. The van der Waals surface area contributed by atoms with Gasteiger partial charge in [-0.3, -0.25) is 9.69 Å². The third kappa shape index (κ3) is 4.02. The maximum Gasteiger partial charge on any atom is 0.289 e. The van der Waals surface area contributed by atoms with Crippen LogP contribution in [0.4, 0.5) is 0 Å². The quantitative estimate of drug-likeness (QED) is 0.815. The lowest BCUT2D eigenvalue weighted by atomic mass is 10.2. The molecule has 1 aromatic heterocycles. The number of hydrogen-bond acceptors (Lipinski definition) is 5. The van der Waals surface area contributed by atoms with Crippen LogP contribution in [-0.4, -0.2) is 62.9 Å². The summed E-state index contributed by atoms with van der Waals surface area (Å²) in [4.78, 5) is 17.1. The number of fused-ring (bicyclic) bond motifs is 1. The molecule has 8 heteroatoms. The Kier molecular flexibility index (Phi) is 4.96. The van der Waals surface area contributed by atoms with Crippen LogP contribution in [0, 0.1) is 0 Å². The Labute approximate surface area is 159 Å². The fraction of sp³-hybridized carbons (Fsp3) is 0.526. The fourth-order valence-corrected chi connectivity index (χ4v) is 4.77. The van der Waals surface area contributed by atoms with Gasteiger partial charge in [-0.1, -0.05) is 6.92 Å². The summed E-state index contributed by atoms with van der Waals surface area (Å²) < 4.78 is 33.1. The smallest absolute Gasteiger partial charge is 0.289 e. The molecule has 2 aliphatic rings. The molecule has 0 unspecified atom stereocenters. The molecule has 1 aliphatic carbocycles. The molecular formula is C19H25N3O4S. The Morgan fingerprint density at radius 1 is 1.19 bits per heavy atom. The van der Waals surface area contributed by atoms with Crippen molar-refractivity contribution in [1.82, 2.24) is 14.5 Å². The van der Waals surface area contributed by atoms with Crippen LogP contribution in [0.2, 0.25) is 0 Å². The highest BCUT2D eigenvalue weighted by atomic mass is 32.2. The summed E-state index contributed by atoms with van der Waals surface area (Å²) in [5, 5.41) is 0.627. The van der Waals surface area contributed by atoms with E-state index in [1.54, 1.807) is 23.1 Å². The van der Waals surface area contributed by atoms with Gasteiger partial charge in [0.25, 0.3) is 5.91 Å². The number of nitrogens with zero attached hydrogens (tertiary/aromatic N) is 2. The van der Waals surface area contributed by atoms with E-state index in [0.29, 0.717) is 24.1 Å². The normalized spacial score (nSPS) is 18.9. The Morgan fingerprint density at radius 3 is 2.59 bits per heavy atom. The van der Waals surface area contributed by atoms with Crippen LogP contribution in [0.1, 0.15) is 36.7 Å². The summed E-state index contributed by atoms with van der Waals surface area (Å²) in [6.07, 6.45) is 2.88. The van der Waals surface area contributed by atoms with E-state index in [1.165, 1.54) is 6.07 Å². The number of nitrogens with one attached hydrogen (secondary N) is 1. The molecule has 2 heterocycles. The second kappa shape index (κ2) is 7.26. The highest BCUT2D eigenvalue weighted by Gasteiger charge is 2.29. The highest BCUT2D eigenvalue weighted by Crippen LogP contribution is 2.26. The first-order valence-corrected chi connectivity index (χ1v) is 11.0. The van der Waals surface area contributed by atoms with Gasteiger partial charge >= 0.3 is 0 Å². The van der Waals surface area contributed by atoms with Gasteiger partial charge in [-0.15, -0.1) is 0 Å². The molecule has 0 atom stereocenters. The Balaban J connectivity index is 1.50.